The molecule has 0 radical (unpaired) electrons. The molecule has 1 fully saturated rings. The van der Waals surface area contributed by atoms with Gasteiger partial charge in [0.15, 0.2) is 0 Å². The Morgan fingerprint density at radius 3 is 2.41 bits per heavy atom. The zero-order valence-electron chi connectivity index (χ0n) is 12.1. The van der Waals surface area contributed by atoms with Gasteiger partial charge < -0.3 is 4.90 Å². The van der Waals surface area contributed by atoms with Crippen LogP contribution in [0.1, 0.15) is 5.56 Å². The van der Waals surface area contributed by atoms with Gasteiger partial charge in [-0.05, 0) is 36.4 Å². The highest BCUT2D eigenvalue weighted by Crippen LogP contribution is 2.16. The third kappa shape index (κ3) is 3.38. The van der Waals surface area contributed by atoms with Crippen LogP contribution in [0.2, 0.25) is 0 Å². The van der Waals surface area contributed by atoms with Gasteiger partial charge in [-0.2, -0.15) is 5.26 Å². The summed E-state index contributed by atoms with van der Waals surface area (Å²) >= 11 is 0. The minimum Gasteiger partial charge on any atom is -0.353 e. The van der Waals surface area contributed by atoms with E-state index in [1.54, 1.807) is 24.3 Å². The summed E-state index contributed by atoms with van der Waals surface area (Å²) < 4.78 is 0. The van der Waals surface area contributed by atoms with Gasteiger partial charge in [0, 0.05) is 19.3 Å². The van der Waals surface area contributed by atoms with Crippen LogP contribution in [0.4, 0.5) is 11.5 Å². The van der Waals surface area contributed by atoms with Gasteiger partial charge in [-0.25, -0.2) is 4.98 Å². The molecule has 1 aliphatic rings. The molecule has 0 unspecified atom stereocenters. The number of nitriles is 1. The number of anilines is 1. The van der Waals surface area contributed by atoms with Crippen LogP contribution in [0.5, 0.6) is 0 Å². The topological polar surface area (TPSA) is 67.9 Å². The summed E-state index contributed by atoms with van der Waals surface area (Å²) in [6.07, 6.45) is 1.81. The minimum absolute atomic E-state index is 0.628. The quantitative estimate of drug-likeness (QED) is 0.816. The highest BCUT2D eigenvalue weighted by molar-refractivity contribution is 5.42. The van der Waals surface area contributed by atoms with E-state index in [1.165, 1.54) is 0 Å². The predicted octanol–water partition coefficient (Wildman–Crippen LogP) is 2.77. The first-order valence-electron chi connectivity index (χ1n) is 7.18. The van der Waals surface area contributed by atoms with Gasteiger partial charge in [-0.1, -0.05) is 11.3 Å². The maximum absolute atomic E-state index is 8.76. The lowest BCUT2D eigenvalue weighted by molar-refractivity contribution is 0.253. The van der Waals surface area contributed by atoms with Crippen molar-refractivity contribution in [2.45, 2.75) is 0 Å². The van der Waals surface area contributed by atoms with Crippen LogP contribution in [0.3, 0.4) is 0 Å². The van der Waals surface area contributed by atoms with Gasteiger partial charge in [0.25, 0.3) is 0 Å². The second-order valence-corrected chi connectivity index (χ2v) is 4.98. The maximum atomic E-state index is 8.76. The van der Waals surface area contributed by atoms with Crippen molar-refractivity contribution in [1.29, 1.82) is 5.26 Å². The van der Waals surface area contributed by atoms with Crippen molar-refractivity contribution in [1.82, 2.24) is 9.99 Å². The Labute approximate surface area is 129 Å². The number of pyridine rings is 1. The summed E-state index contributed by atoms with van der Waals surface area (Å²) in [5, 5.41) is 19.2. The van der Waals surface area contributed by atoms with Crippen LogP contribution in [-0.4, -0.2) is 36.2 Å². The molecule has 6 heteroatoms. The monoisotopic (exact) mass is 292 g/mol. The smallest absolute Gasteiger partial charge is 0.128 e. The number of aromatic nitrogens is 1. The third-order valence-electron chi connectivity index (χ3n) is 3.51. The average molecular weight is 292 g/mol. The second-order valence-electron chi connectivity index (χ2n) is 4.98. The first kappa shape index (κ1) is 14.0. The van der Waals surface area contributed by atoms with Crippen LogP contribution < -0.4 is 4.90 Å². The third-order valence-corrected chi connectivity index (χ3v) is 3.51. The molecule has 0 bridgehead atoms. The van der Waals surface area contributed by atoms with Crippen molar-refractivity contribution in [3.63, 3.8) is 0 Å². The molecule has 1 aromatic heterocycles. The number of piperazine rings is 1. The number of hydrogen-bond donors (Lipinski definition) is 0. The fourth-order valence-corrected chi connectivity index (χ4v) is 2.27. The fraction of sp³-hybridized carbons (Fsp3) is 0.250. The van der Waals surface area contributed by atoms with Crippen molar-refractivity contribution in [2.24, 2.45) is 10.3 Å². The standard InChI is InChI=1S/C16H16N6/c17-13-14-4-6-15(7-5-14)19-20-22-11-9-21(10-12-22)16-3-1-2-8-18-16/h1-8H,9-12H2. The maximum Gasteiger partial charge on any atom is 0.128 e. The molecule has 2 heterocycles. The highest BCUT2D eigenvalue weighted by atomic mass is 15.6. The predicted molar refractivity (Wildman–Crippen MR) is 83.7 cm³/mol. The number of benzene rings is 1. The van der Waals surface area contributed by atoms with E-state index in [1.807, 2.05) is 29.4 Å². The zero-order valence-corrected chi connectivity index (χ0v) is 12.1. The Hall–Kier alpha value is -2.94. The minimum atomic E-state index is 0.628. The molecular weight excluding hydrogens is 276 g/mol. The molecule has 0 spiro atoms. The van der Waals surface area contributed by atoms with Crippen molar-refractivity contribution >= 4 is 11.5 Å². The van der Waals surface area contributed by atoms with E-state index in [2.05, 4.69) is 26.3 Å². The van der Waals surface area contributed by atoms with Crippen LogP contribution in [-0.2, 0) is 0 Å². The van der Waals surface area contributed by atoms with Crippen molar-refractivity contribution < 1.29 is 0 Å². The summed E-state index contributed by atoms with van der Waals surface area (Å²) in [6.45, 7) is 3.39. The van der Waals surface area contributed by atoms with Crippen LogP contribution in [0, 0.1) is 11.3 Å². The lowest BCUT2D eigenvalue weighted by Crippen LogP contribution is -2.44. The Morgan fingerprint density at radius 2 is 1.77 bits per heavy atom. The van der Waals surface area contributed by atoms with Gasteiger partial charge in [-0.3, -0.25) is 5.01 Å². The molecule has 1 aromatic carbocycles. The van der Waals surface area contributed by atoms with Crippen LogP contribution in [0.25, 0.3) is 0 Å². The molecule has 0 saturated carbocycles. The first-order valence-corrected chi connectivity index (χ1v) is 7.18. The van der Waals surface area contributed by atoms with E-state index >= 15 is 0 Å². The summed E-state index contributed by atoms with van der Waals surface area (Å²) in [4.78, 5) is 6.61. The fourth-order valence-electron chi connectivity index (χ4n) is 2.27. The SMILES string of the molecule is N#Cc1ccc(N=NN2CCN(c3ccccn3)CC2)cc1. The largest absolute Gasteiger partial charge is 0.353 e. The summed E-state index contributed by atoms with van der Waals surface area (Å²) in [7, 11) is 0. The molecule has 3 rings (SSSR count). The van der Waals surface area contributed by atoms with Crippen molar-refractivity contribution in [3.8, 4) is 6.07 Å². The lowest BCUT2D eigenvalue weighted by atomic mass is 10.2. The van der Waals surface area contributed by atoms with Crippen LogP contribution in [0.15, 0.2) is 59.0 Å². The van der Waals surface area contributed by atoms with E-state index in [0.717, 1.165) is 37.7 Å². The first-order chi connectivity index (χ1) is 10.8. The van der Waals surface area contributed by atoms with Gasteiger partial charge >= 0.3 is 0 Å². The number of rotatable bonds is 3. The van der Waals surface area contributed by atoms with Gasteiger partial charge in [0.2, 0.25) is 0 Å². The molecule has 110 valence electrons. The van der Waals surface area contributed by atoms with E-state index in [9.17, 15) is 0 Å². The van der Waals surface area contributed by atoms with E-state index in [4.69, 9.17) is 5.26 Å². The van der Waals surface area contributed by atoms with Gasteiger partial charge in [0.05, 0.1) is 30.4 Å². The average Bonchev–Trinajstić information content (AvgIpc) is 2.61. The highest BCUT2D eigenvalue weighted by Gasteiger charge is 2.16. The summed E-state index contributed by atoms with van der Waals surface area (Å²) in [5.41, 5.74) is 1.38. The normalized spacial score (nSPS) is 15.0. The molecule has 22 heavy (non-hydrogen) atoms. The number of nitrogens with zero attached hydrogens (tertiary/aromatic N) is 6. The lowest BCUT2D eigenvalue weighted by Gasteiger charge is -2.32. The van der Waals surface area contributed by atoms with Crippen molar-refractivity contribution in [2.75, 3.05) is 31.1 Å². The molecule has 0 N–H and O–H groups in total. The molecule has 2 aromatic rings. The zero-order chi connectivity index (χ0) is 15.2. The molecular formula is C16H16N6. The van der Waals surface area contributed by atoms with E-state index in [0.29, 0.717) is 5.56 Å². The second kappa shape index (κ2) is 6.68. The van der Waals surface area contributed by atoms with E-state index < -0.39 is 0 Å². The molecule has 1 aliphatic heterocycles. The van der Waals surface area contributed by atoms with E-state index in [-0.39, 0.29) is 0 Å². The Morgan fingerprint density at radius 1 is 1.00 bits per heavy atom. The molecule has 0 aliphatic carbocycles. The Kier molecular flexibility index (Phi) is 4.25. The van der Waals surface area contributed by atoms with Crippen LogP contribution >= 0.6 is 0 Å². The Balaban J connectivity index is 1.55. The summed E-state index contributed by atoms with van der Waals surface area (Å²) in [5.74, 6) is 1.01. The van der Waals surface area contributed by atoms with Crippen molar-refractivity contribution in [3.05, 3.63) is 54.2 Å². The molecule has 1 saturated heterocycles. The summed E-state index contributed by atoms with van der Waals surface area (Å²) in [6, 6.07) is 15.1. The Bertz CT molecular complexity index is 666. The van der Waals surface area contributed by atoms with Gasteiger partial charge in [-0.15, -0.1) is 5.11 Å². The van der Waals surface area contributed by atoms with Gasteiger partial charge in [0.1, 0.15) is 5.82 Å². The molecule has 0 amide bonds. The number of hydrogen-bond acceptors (Lipinski definition) is 5. The molecule has 6 nitrogen and oxygen atoms in total. The molecule has 0 atom stereocenters.